The lowest BCUT2D eigenvalue weighted by Crippen LogP contribution is -2.41. The Bertz CT molecular complexity index is 654. The topological polar surface area (TPSA) is 92.8 Å². The average molecular weight is 312 g/mol. The molecule has 2 rings (SSSR count). The monoisotopic (exact) mass is 312 g/mol. The van der Waals surface area contributed by atoms with Crippen LogP contribution in [0.25, 0.3) is 0 Å². The summed E-state index contributed by atoms with van der Waals surface area (Å²) in [6, 6.07) is 8.97. The molecule has 1 aliphatic rings. The standard InChI is InChI=1S/C13H16N2O5S/c1-13(2)12(17)15(21(18,19)14-13)8-11(16)20-9-10-6-4-3-5-7-10/h3-7,14H,8-9H2,1-2H3. The van der Waals surface area contributed by atoms with Crippen molar-refractivity contribution in [1.82, 2.24) is 9.03 Å². The van der Waals surface area contributed by atoms with Crippen LogP contribution in [0.4, 0.5) is 0 Å². The zero-order valence-corrected chi connectivity index (χ0v) is 12.5. The van der Waals surface area contributed by atoms with Gasteiger partial charge in [-0.15, -0.1) is 0 Å². The molecule has 0 unspecified atom stereocenters. The molecule has 7 nitrogen and oxygen atoms in total. The number of carbonyl (C=O) groups is 2. The van der Waals surface area contributed by atoms with Crippen LogP contribution in [-0.2, 0) is 31.1 Å². The fraction of sp³-hybridized carbons (Fsp3) is 0.385. The highest BCUT2D eigenvalue weighted by Gasteiger charge is 2.49. The van der Waals surface area contributed by atoms with Crippen LogP contribution in [0.5, 0.6) is 0 Å². The van der Waals surface area contributed by atoms with E-state index in [2.05, 4.69) is 4.72 Å². The summed E-state index contributed by atoms with van der Waals surface area (Å²) in [5.41, 5.74) is -0.474. The molecule has 8 heteroatoms. The molecule has 1 N–H and O–H groups in total. The molecule has 1 aliphatic heterocycles. The van der Waals surface area contributed by atoms with E-state index in [-0.39, 0.29) is 6.61 Å². The lowest BCUT2D eigenvalue weighted by atomic mass is 10.1. The van der Waals surface area contributed by atoms with Gasteiger partial charge in [-0.3, -0.25) is 9.59 Å². The van der Waals surface area contributed by atoms with Crippen LogP contribution in [0.1, 0.15) is 19.4 Å². The molecule has 21 heavy (non-hydrogen) atoms. The number of esters is 1. The average Bonchev–Trinajstić information content (AvgIpc) is 2.56. The minimum Gasteiger partial charge on any atom is -0.459 e. The second-order valence-corrected chi connectivity index (χ2v) is 6.79. The Kier molecular flexibility index (Phi) is 4.02. The van der Waals surface area contributed by atoms with E-state index < -0.39 is 34.2 Å². The molecule has 1 saturated heterocycles. The maximum absolute atomic E-state index is 11.9. The van der Waals surface area contributed by atoms with E-state index >= 15 is 0 Å². The summed E-state index contributed by atoms with van der Waals surface area (Å²) in [6.45, 7) is 2.26. The predicted octanol–water partition coefficient (Wildman–Crippen LogP) is 0.185. The van der Waals surface area contributed by atoms with E-state index in [1.807, 2.05) is 6.07 Å². The smallest absolute Gasteiger partial charge is 0.327 e. The zero-order chi connectivity index (χ0) is 15.7. The van der Waals surface area contributed by atoms with E-state index in [9.17, 15) is 18.0 Å². The van der Waals surface area contributed by atoms with E-state index in [0.29, 0.717) is 4.31 Å². The van der Waals surface area contributed by atoms with Crippen molar-refractivity contribution in [2.75, 3.05) is 6.54 Å². The SMILES string of the molecule is CC1(C)NS(=O)(=O)N(CC(=O)OCc2ccccc2)C1=O. The molecule has 114 valence electrons. The Balaban J connectivity index is 1.98. The van der Waals surface area contributed by atoms with E-state index in [0.717, 1.165) is 5.56 Å². The number of hydrogen-bond acceptors (Lipinski definition) is 5. The molecule has 0 aromatic heterocycles. The largest absolute Gasteiger partial charge is 0.459 e. The summed E-state index contributed by atoms with van der Waals surface area (Å²) in [5, 5.41) is 0. The normalized spacial score (nSPS) is 19.5. The third kappa shape index (κ3) is 3.40. The number of amides is 1. The number of benzene rings is 1. The molecular formula is C13H16N2O5S. The number of nitrogens with zero attached hydrogens (tertiary/aromatic N) is 1. The Hall–Kier alpha value is -1.93. The minimum atomic E-state index is -3.99. The highest BCUT2D eigenvalue weighted by Crippen LogP contribution is 2.20. The van der Waals surface area contributed by atoms with Gasteiger partial charge < -0.3 is 4.74 Å². The molecule has 0 atom stereocenters. The highest BCUT2D eigenvalue weighted by atomic mass is 32.2. The Morgan fingerprint density at radius 1 is 1.29 bits per heavy atom. The Morgan fingerprint density at radius 2 is 1.90 bits per heavy atom. The lowest BCUT2D eigenvalue weighted by Gasteiger charge is -2.14. The third-order valence-corrected chi connectivity index (χ3v) is 4.59. The Morgan fingerprint density at radius 3 is 2.43 bits per heavy atom. The van der Waals surface area contributed by atoms with Crippen LogP contribution in [-0.4, -0.2) is 36.7 Å². The number of nitrogens with one attached hydrogen (secondary N) is 1. The molecule has 0 spiro atoms. The van der Waals surface area contributed by atoms with Crippen molar-refractivity contribution < 1.29 is 22.7 Å². The fourth-order valence-electron chi connectivity index (χ4n) is 1.90. The van der Waals surface area contributed by atoms with Gasteiger partial charge in [0.15, 0.2) is 0 Å². The van der Waals surface area contributed by atoms with Crippen molar-refractivity contribution in [2.24, 2.45) is 0 Å². The predicted molar refractivity (Wildman–Crippen MR) is 74.1 cm³/mol. The van der Waals surface area contributed by atoms with Crippen LogP contribution in [0.2, 0.25) is 0 Å². The quantitative estimate of drug-likeness (QED) is 0.801. The molecule has 0 aliphatic carbocycles. The highest BCUT2D eigenvalue weighted by molar-refractivity contribution is 7.88. The molecule has 0 radical (unpaired) electrons. The van der Waals surface area contributed by atoms with Crippen molar-refractivity contribution in [3.8, 4) is 0 Å². The summed E-state index contributed by atoms with van der Waals surface area (Å²) < 4.78 is 31.2. The van der Waals surface area contributed by atoms with E-state index in [1.165, 1.54) is 13.8 Å². The summed E-state index contributed by atoms with van der Waals surface area (Å²) in [6.07, 6.45) is 0. The Labute approximate surface area is 123 Å². The van der Waals surface area contributed by atoms with Crippen LogP contribution in [0.15, 0.2) is 30.3 Å². The number of rotatable bonds is 4. The van der Waals surface area contributed by atoms with Crippen LogP contribution in [0, 0.1) is 0 Å². The van der Waals surface area contributed by atoms with Crippen molar-refractivity contribution in [3.63, 3.8) is 0 Å². The first-order chi connectivity index (χ1) is 9.72. The van der Waals surface area contributed by atoms with Gasteiger partial charge in [-0.2, -0.15) is 13.1 Å². The summed E-state index contributed by atoms with van der Waals surface area (Å²) in [4.78, 5) is 23.6. The zero-order valence-electron chi connectivity index (χ0n) is 11.7. The molecule has 0 saturated carbocycles. The first kappa shape index (κ1) is 15.5. The van der Waals surface area contributed by atoms with Crippen molar-refractivity contribution in [3.05, 3.63) is 35.9 Å². The second kappa shape index (κ2) is 5.45. The van der Waals surface area contributed by atoms with Gasteiger partial charge in [0, 0.05) is 0 Å². The molecule has 1 aromatic carbocycles. The van der Waals surface area contributed by atoms with Gasteiger partial charge in [-0.05, 0) is 19.4 Å². The fourth-order valence-corrected chi connectivity index (χ4v) is 3.46. The minimum absolute atomic E-state index is 0.0264. The van der Waals surface area contributed by atoms with Gasteiger partial charge in [0.25, 0.3) is 5.91 Å². The maximum Gasteiger partial charge on any atom is 0.327 e. The van der Waals surface area contributed by atoms with Crippen LogP contribution < -0.4 is 4.72 Å². The molecule has 0 bridgehead atoms. The molecule has 1 aromatic rings. The van der Waals surface area contributed by atoms with E-state index in [4.69, 9.17) is 4.74 Å². The van der Waals surface area contributed by atoms with Crippen molar-refractivity contribution >= 4 is 22.1 Å². The maximum atomic E-state index is 11.9. The molecule has 1 amide bonds. The molecular weight excluding hydrogens is 296 g/mol. The summed E-state index contributed by atoms with van der Waals surface area (Å²) in [7, 11) is -3.99. The number of carbonyl (C=O) groups excluding carboxylic acids is 2. The number of hydrogen-bond donors (Lipinski definition) is 1. The first-order valence-electron chi connectivity index (χ1n) is 6.28. The van der Waals surface area contributed by atoms with Crippen LogP contribution >= 0.6 is 0 Å². The summed E-state index contributed by atoms with van der Waals surface area (Å²) in [5.74, 6) is -1.46. The first-order valence-corrected chi connectivity index (χ1v) is 7.72. The van der Waals surface area contributed by atoms with Gasteiger partial charge in [-0.25, -0.2) is 4.31 Å². The molecule has 1 heterocycles. The van der Waals surface area contributed by atoms with Crippen molar-refractivity contribution in [2.45, 2.75) is 26.0 Å². The van der Waals surface area contributed by atoms with Gasteiger partial charge in [0.05, 0.1) is 0 Å². The van der Waals surface area contributed by atoms with Gasteiger partial charge in [-0.1, -0.05) is 30.3 Å². The van der Waals surface area contributed by atoms with Gasteiger partial charge >= 0.3 is 16.2 Å². The lowest BCUT2D eigenvalue weighted by molar-refractivity contribution is -0.148. The third-order valence-electron chi connectivity index (χ3n) is 2.95. The van der Waals surface area contributed by atoms with Gasteiger partial charge in [0.2, 0.25) is 0 Å². The van der Waals surface area contributed by atoms with Crippen molar-refractivity contribution in [1.29, 1.82) is 0 Å². The molecule has 1 fully saturated rings. The second-order valence-electron chi connectivity index (χ2n) is 5.19. The summed E-state index contributed by atoms with van der Waals surface area (Å²) >= 11 is 0. The van der Waals surface area contributed by atoms with E-state index in [1.54, 1.807) is 24.3 Å². The number of ether oxygens (including phenoxy) is 1. The van der Waals surface area contributed by atoms with Gasteiger partial charge in [0.1, 0.15) is 18.7 Å². The van der Waals surface area contributed by atoms with Crippen LogP contribution in [0.3, 0.4) is 0 Å².